The monoisotopic (exact) mass is 210 g/mol. The summed E-state index contributed by atoms with van der Waals surface area (Å²) in [5, 5.41) is 0. The Balaban J connectivity index is 3.24. The van der Waals surface area contributed by atoms with Crippen LogP contribution in [0.15, 0.2) is 6.07 Å². The van der Waals surface area contributed by atoms with E-state index in [1.807, 2.05) is 0 Å². The van der Waals surface area contributed by atoms with Gasteiger partial charge in [-0.15, -0.1) is 0 Å². The molecule has 0 radical (unpaired) electrons. The van der Waals surface area contributed by atoms with Gasteiger partial charge in [0.25, 0.3) is 0 Å². The van der Waals surface area contributed by atoms with Crippen LogP contribution in [0.4, 0.5) is 17.6 Å². The summed E-state index contributed by atoms with van der Waals surface area (Å²) in [6.45, 7) is 0. The maximum atomic E-state index is 12.8. The van der Waals surface area contributed by atoms with Crippen molar-refractivity contribution in [2.24, 2.45) is 0 Å². The fourth-order valence-electron chi connectivity index (χ4n) is 0.924. The minimum atomic E-state index is -1.78. The fraction of sp³-hybridized carbons (Fsp3) is 0.250. The summed E-state index contributed by atoms with van der Waals surface area (Å²) >= 11 is 3.77. The standard InChI is InChI=1S/C8H6F4S/c9-5-3-4(1-2-13)6(10)8(12)7(5)11/h3,13H,1-2H2. The van der Waals surface area contributed by atoms with Crippen LogP contribution in [-0.4, -0.2) is 5.75 Å². The first kappa shape index (κ1) is 10.4. The van der Waals surface area contributed by atoms with Gasteiger partial charge in [-0.05, 0) is 23.8 Å². The van der Waals surface area contributed by atoms with E-state index in [1.165, 1.54) is 0 Å². The van der Waals surface area contributed by atoms with Gasteiger partial charge >= 0.3 is 0 Å². The molecule has 0 spiro atoms. The van der Waals surface area contributed by atoms with E-state index in [1.54, 1.807) is 0 Å². The van der Waals surface area contributed by atoms with Crippen molar-refractivity contribution in [1.29, 1.82) is 0 Å². The molecular weight excluding hydrogens is 204 g/mol. The van der Waals surface area contributed by atoms with Gasteiger partial charge in [-0.3, -0.25) is 0 Å². The van der Waals surface area contributed by atoms with E-state index in [4.69, 9.17) is 0 Å². The average Bonchev–Trinajstić information content (AvgIpc) is 2.11. The number of hydrogen-bond acceptors (Lipinski definition) is 1. The molecule has 1 aromatic rings. The van der Waals surface area contributed by atoms with Crippen molar-refractivity contribution < 1.29 is 17.6 Å². The maximum Gasteiger partial charge on any atom is 0.197 e. The molecule has 0 heterocycles. The van der Waals surface area contributed by atoms with E-state index in [9.17, 15) is 17.6 Å². The highest BCUT2D eigenvalue weighted by Crippen LogP contribution is 2.19. The van der Waals surface area contributed by atoms with Gasteiger partial charge in [0.05, 0.1) is 0 Å². The Morgan fingerprint density at radius 1 is 1.00 bits per heavy atom. The summed E-state index contributed by atoms with van der Waals surface area (Å²) in [6, 6.07) is 0.643. The van der Waals surface area contributed by atoms with Crippen molar-refractivity contribution >= 4 is 12.6 Å². The molecular formula is C8H6F4S. The third-order valence-corrected chi connectivity index (χ3v) is 1.78. The van der Waals surface area contributed by atoms with Crippen LogP contribution in [-0.2, 0) is 6.42 Å². The fourth-order valence-corrected chi connectivity index (χ4v) is 1.17. The molecule has 0 amide bonds. The summed E-state index contributed by atoms with van der Waals surface area (Å²) in [7, 11) is 0. The lowest BCUT2D eigenvalue weighted by Crippen LogP contribution is -2.02. The first-order valence-corrected chi connectivity index (χ1v) is 4.14. The van der Waals surface area contributed by atoms with Crippen LogP contribution in [0.1, 0.15) is 5.56 Å². The lowest BCUT2D eigenvalue weighted by atomic mass is 10.1. The Bertz CT molecular complexity index is 324. The molecule has 0 nitrogen and oxygen atoms in total. The van der Waals surface area contributed by atoms with E-state index in [0.29, 0.717) is 6.07 Å². The number of thiol groups is 1. The van der Waals surface area contributed by atoms with Crippen LogP contribution in [0.3, 0.4) is 0 Å². The summed E-state index contributed by atoms with van der Waals surface area (Å²) in [5.74, 6) is -6.03. The lowest BCUT2D eigenvalue weighted by molar-refractivity contribution is 0.404. The van der Waals surface area contributed by atoms with Crippen LogP contribution in [0.25, 0.3) is 0 Å². The Kier molecular flexibility index (Phi) is 3.19. The number of hydrogen-bond donors (Lipinski definition) is 1. The highest BCUT2D eigenvalue weighted by atomic mass is 32.1. The second kappa shape index (κ2) is 4.00. The molecule has 0 N–H and O–H groups in total. The number of benzene rings is 1. The SMILES string of the molecule is Fc1cc(CCS)c(F)c(F)c1F. The second-order valence-corrected chi connectivity index (χ2v) is 2.88. The van der Waals surface area contributed by atoms with Crippen molar-refractivity contribution in [3.8, 4) is 0 Å². The van der Waals surface area contributed by atoms with Crippen LogP contribution < -0.4 is 0 Å². The quantitative estimate of drug-likeness (QED) is 0.330. The van der Waals surface area contributed by atoms with Crippen molar-refractivity contribution in [3.05, 3.63) is 34.9 Å². The van der Waals surface area contributed by atoms with Gasteiger partial charge < -0.3 is 0 Å². The number of aryl methyl sites for hydroxylation is 1. The summed E-state index contributed by atoms with van der Waals surface area (Å²) in [5.41, 5.74) is -0.202. The third kappa shape index (κ3) is 1.96. The third-order valence-electron chi connectivity index (χ3n) is 1.56. The Labute approximate surface area is 78.0 Å². The number of rotatable bonds is 2. The topological polar surface area (TPSA) is 0 Å². The van der Waals surface area contributed by atoms with E-state index < -0.39 is 23.3 Å². The molecule has 1 aromatic carbocycles. The van der Waals surface area contributed by atoms with Crippen molar-refractivity contribution in [3.63, 3.8) is 0 Å². The zero-order valence-corrected chi connectivity index (χ0v) is 7.35. The predicted molar refractivity (Wildman–Crippen MR) is 43.8 cm³/mol. The van der Waals surface area contributed by atoms with Crippen LogP contribution >= 0.6 is 12.6 Å². The Hall–Kier alpha value is -0.710. The first-order valence-electron chi connectivity index (χ1n) is 3.50. The maximum absolute atomic E-state index is 12.8. The zero-order valence-electron chi connectivity index (χ0n) is 6.45. The van der Waals surface area contributed by atoms with Crippen LogP contribution in [0.5, 0.6) is 0 Å². The molecule has 5 heteroatoms. The molecule has 13 heavy (non-hydrogen) atoms. The molecule has 0 aliphatic carbocycles. The normalized spacial score (nSPS) is 10.5. The van der Waals surface area contributed by atoms with Gasteiger partial charge in [0, 0.05) is 0 Å². The van der Waals surface area contributed by atoms with Gasteiger partial charge in [0.1, 0.15) is 0 Å². The van der Waals surface area contributed by atoms with E-state index >= 15 is 0 Å². The molecule has 0 saturated heterocycles. The van der Waals surface area contributed by atoms with Crippen molar-refractivity contribution in [2.45, 2.75) is 6.42 Å². The molecule has 0 aliphatic heterocycles. The first-order chi connectivity index (χ1) is 6.07. The van der Waals surface area contributed by atoms with Crippen LogP contribution in [0, 0.1) is 23.3 Å². The van der Waals surface area contributed by atoms with E-state index in [2.05, 4.69) is 12.6 Å². The summed E-state index contributed by atoms with van der Waals surface area (Å²) < 4.78 is 50.3. The largest absolute Gasteiger partial charge is 0.204 e. The minimum Gasteiger partial charge on any atom is -0.204 e. The Morgan fingerprint density at radius 3 is 2.15 bits per heavy atom. The van der Waals surface area contributed by atoms with Gasteiger partial charge in [-0.2, -0.15) is 12.6 Å². The summed E-state index contributed by atoms with van der Waals surface area (Å²) in [4.78, 5) is 0. The van der Waals surface area contributed by atoms with Crippen LogP contribution in [0.2, 0.25) is 0 Å². The highest BCUT2D eigenvalue weighted by molar-refractivity contribution is 7.80. The molecule has 0 fully saturated rings. The number of halogens is 4. The molecule has 0 bridgehead atoms. The molecule has 0 aliphatic rings. The molecule has 0 unspecified atom stereocenters. The molecule has 0 atom stereocenters. The van der Waals surface area contributed by atoms with Gasteiger partial charge in [0.15, 0.2) is 23.3 Å². The zero-order chi connectivity index (χ0) is 10.0. The van der Waals surface area contributed by atoms with E-state index in [0.717, 1.165) is 0 Å². The predicted octanol–water partition coefficient (Wildman–Crippen LogP) is 2.72. The lowest BCUT2D eigenvalue weighted by Gasteiger charge is -2.03. The second-order valence-electron chi connectivity index (χ2n) is 2.43. The van der Waals surface area contributed by atoms with Gasteiger partial charge in [-0.1, -0.05) is 0 Å². The summed E-state index contributed by atoms with van der Waals surface area (Å²) in [6.07, 6.45) is 0.0586. The molecule has 1 rings (SSSR count). The average molecular weight is 210 g/mol. The minimum absolute atomic E-state index is 0.0586. The van der Waals surface area contributed by atoms with Gasteiger partial charge in [-0.25, -0.2) is 17.6 Å². The molecule has 72 valence electrons. The smallest absolute Gasteiger partial charge is 0.197 e. The van der Waals surface area contributed by atoms with Gasteiger partial charge in [0.2, 0.25) is 0 Å². The van der Waals surface area contributed by atoms with Crippen molar-refractivity contribution in [1.82, 2.24) is 0 Å². The molecule has 0 aromatic heterocycles. The van der Waals surface area contributed by atoms with Crippen molar-refractivity contribution in [2.75, 3.05) is 5.75 Å². The highest BCUT2D eigenvalue weighted by Gasteiger charge is 2.17. The van der Waals surface area contributed by atoms with E-state index in [-0.39, 0.29) is 17.7 Å². The molecule has 0 saturated carbocycles. The Morgan fingerprint density at radius 2 is 1.62 bits per heavy atom.